The molecule has 2 aromatic carbocycles. The van der Waals surface area contributed by atoms with Crippen LogP contribution in [0.4, 0.5) is 0 Å². The van der Waals surface area contributed by atoms with Crippen molar-refractivity contribution in [2.24, 2.45) is 0 Å². The van der Waals surface area contributed by atoms with Gasteiger partial charge in [0.15, 0.2) is 6.54 Å². The lowest BCUT2D eigenvalue weighted by Gasteiger charge is -2.15. The standard InChI is InChI=1S/C16H13N/c1-2-6-13-10-17-11-14-7-3-4-8-15(14)16(17)9-12(13)5-1/h1-8,11H,9-10H2. The third kappa shape index (κ3) is 1.26. The molecule has 0 spiro atoms. The van der Waals surface area contributed by atoms with Crippen molar-refractivity contribution < 1.29 is 4.57 Å². The van der Waals surface area contributed by atoms with Gasteiger partial charge in [0, 0.05) is 12.0 Å². The molecule has 82 valence electrons. The van der Waals surface area contributed by atoms with Crippen LogP contribution in [0.5, 0.6) is 0 Å². The highest BCUT2D eigenvalue weighted by molar-refractivity contribution is 5.83. The molecule has 1 nitrogen and oxygen atoms in total. The van der Waals surface area contributed by atoms with E-state index in [1.165, 1.54) is 27.6 Å². The normalized spacial score (nSPS) is 13.4. The number of rotatable bonds is 0. The lowest BCUT2D eigenvalue weighted by molar-refractivity contribution is -0.692. The number of hydrogen-bond donors (Lipinski definition) is 0. The molecule has 2 heterocycles. The lowest BCUT2D eigenvalue weighted by Crippen LogP contribution is -2.39. The Balaban J connectivity index is 1.97. The Bertz CT molecular complexity index is 706. The van der Waals surface area contributed by atoms with Crippen molar-refractivity contribution in [2.45, 2.75) is 13.0 Å². The monoisotopic (exact) mass is 219 g/mol. The van der Waals surface area contributed by atoms with Gasteiger partial charge in [-0.05, 0) is 5.56 Å². The zero-order valence-corrected chi connectivity index (χ0v) is 9.56. The summed E-state index contributed by atoms with van der Waals surface area (Å²) in [7, 11) is 0. The number of benzene rings is 2. The summed E-state index contributed by atoms with van der Waals surface area (Å²) in [6, 6.07) is 17.4. The Hall–Kier alpha value is -2.02. The van der Waals surface area contributed by atoms with Crippen LogP contribution in [0.25, 0.3) is 10.8 Å². The second-order valence-corrected chi connectivity index (χ2v) is 4.74. The van der Waals surface area contributed by atoms with E-state index >= 15 is 0 Å². The van der Waals surface area contributed by atoms with Gasteiger partial charge in [-0.3, -0.25) is 4.57 Å². The molecule has 0 atom stereocenters. The van der Waals surface area contributed by atoms with Crippen LogP contribution in [0.15, 0.2) is 54.7 Å². The van der Waals surface area contributed by atoms with Crippen molar-refractivity contribution in [3.63, 3.8) is 0 Å². The fraction of sp³-hybridized carbons (Fsp3) is 0.125. The van der Waals surface area contributed by atoms with Crippen LogP contribution in [0.1, 0.15) is 16.8 Å². The quantitative estimate of drug-likeness (QED) is 0.316. The highest BCUT2D eigenvalue weighted by Crippen LogP contribution is 2.24. The van der Waals surface area contributed by atoms with Crippen molar-refractivity contribution in [1.29, 1.82) is 0 Å². The molecule has 0 amide bonds. The summed E-state index contributed by atoms with van der Waals surface area (Å²) >= 11 is 0. The Morgan fingerprint density at radius 2 is 1.65 bits per heavy atom. The van der Waals surface area contributed by atoms with E-state index in [9.17, 15) is 0 Å². The Morgan fingerprint density at radius 3 is 2.59 bits per heavy atom. The van der Waals surface area contributed by atoms with Gasteiger partial charge in [-0.2, -0.15) is 0 Å². The fourth-order valence-corrected chi connectivity index (χ4v) is 2.86. The molecule has 1 aliphatic heterocycles. The van der Waals surface area contributed by atoms with Gasteiger partial charge in [-0.15, -0.1) is 18.2 Å². The minimum Gasteiger partial charge on any atom is -0.285 e. The van der Waals surface area contributed by atoms with E-state index < -0.39 is 0 Å². The van der Waals surface area contributed by atoms with E-state index in [0.717, 1.165) is 13.0 Å². The van der Waals surface area contributed by atoms with Gasteiger partial charge in [-0.25, -0.2) is 0 Å². The predicted octanol–water partition coefficient (Wildman–Crippen LogP) is 2.80. The average molecular weight is 219 g/mol. The molecular weight excluding hydrogens is 206 g/mol. The van der Waals surface area contributed by atoms with Gasteiger partial charge in [0.2, 0.25) is 0 Å². The molecule has 0 saturated heterocycles. The number of hydrogen-bond acceptors (Lipinski definition) is 0. The van der Waals surface area contributed by atoms with E-state index in [1.807, 2.05) is 0 Å². The van der Waals surface area contributed by atoms with Gasteiger partial charge in [-0.1, -0.05) is 41.1 Å². The van der Waals surface area contributed by atoms with E-state index in [4.69, 9.17) is 0 Å². The molecule has 1 aromatic heterocycles. The minimum absolute atomic E-state index is 1.01. The molecule has 0 N–H and O–H groups in total. The lowest BCUT2D eigenvalue weighted by atomic mass is 9.98. The zero-order valence-electron chi connectivity index (χ0n) is 9.56. The summed E-state index contributed by atoms with van der Waals surface area (Å²) < 4.78 is 2.40. The van der Waals surface area contributed by atoms with E-state index in [2.05, 4.69) is 59.3 Å². The maximum Gasteiger partial charge on any atom is 0.156 e. The summed E-state index contributed by atoms with van der Waals surface area (Å²) in [6.45, 7) is 1.01. The van der Waals surface area contributed by atoms with Crippen molar-refractivity contribution in [3.8, 4) is 0 Å². The third-order valence-corrected chi connectivity index (χ3v) is 3.73. The first-order valence-electron chi connectivity index (χ1n) is 6.05. The van der Waals surface area contributed by atoms with E-state index in [0.29, 0.717) is 0 Å². The average Bonchev–Trinajstić information content (AvgIpc) is 2.73. The number of aromatic nitrogens is 1. The van der Waals surface area contributed by atoms with Crippen LogP contribution < -0.4 is 4.57 Å². The van der Waals surface area contributed by atoms with Crippen LogP contribution in [0, 0.1) is 0 Å². The zero-order chi connectivity index (χ0) is 11.2. The molecule has 0 fully saturated rings. The molecule has 3 aromatic rings. The minimum atomic E-state index is 1.01. The second kappa shape index (κ2) is 3.24. The molecular formula is C16H13N. The predicted molar refractivity (Wildman–Crippen MR) is 68.1 cm³/mol. The molecule has 0 unspecified atom stereocenters. The van der Waals surface area contributed by atoms with Crippen LogP contribution in [0.2, 0.25) is 0 Å². The smallest absolute Gasteiger partial charge is 0.156 e. The Labute approximate surface area is 100 Å². The van der Waals surface area contributed by atoms with Crippen molar-refractivity contribution in [2.75, 3.05) is 0 Å². The maximum absolute atomic E-state index is 2.40. The molecule has 0 aliphatic carbocycles. The molecule has 4 rings (SSSR count). The SMILES string of the molecule is c1ccc2c(c1)Cc1c3ccccc3[cH-][n+]1C2. The first-order chi connectivity index (χ1) is 8.42. The molecule has 0 radical (unpaired) electrons. The van der Waals surface area contributed by atoms with Gasteiger partial charge < -0.3 is 0 Å². The maximum atomic E-state index is 2.40. The highest BCUT2D eigenvalue weighted by atomic mass is 15.0. The van der Waals surface area contributed by atoms with Crippen molar-refractivity contribution in [3.05, 3.63) is 71.5 Å². The fourth-order valence-electron chi connectivity index (χ4n) is 2.86. The summed E-state index contributed by atoms with van der Waals surface area (Å²) in [5.41, 5.74) is 4.39. The van der Waals surface area contributed by atoms with Crippen LogP contribution in [0.3, 0.4) is 0 Å². The van der Waals surface area contributed by atoms with E-state index in [-0.39, 0.29) is 0 Å². The summed E-state index contributed by atoms with van der Waals surface area (Å²) in [5.74, 6) is 0. The largest absolute Gasteiger partial charge is 0.285 e. The number of nitrogens with zero attached hydrogens (tertiary/aromatic N) is 1. The van der Waals surface area contributed by atoms with E-state index in [1.54, 1.807) is 0 Å². The van der Waals surface area contributed by atoms with Gasteiger partial charge in [0.05, 0.1) is 11.9 Å². The van der Waals surface area contributed by atoms with Crippen LogP contribution >= 0.6 is 0 Å². The first kappa shape index (κ1) is 9.06. The third-order valence-electron chi connectivity index (χ3n) is 3.73. The van der Waals surface area contributed by atoms with Crippen molar-refractivity contribution in [1.82, 2.24) is 0 Å². The van der Waals surface area contributed by atoms with Gasteiger partial charge >= 0.3 is 0 Å². The highest BCUT2D eigenvalue weighted by Gasteiger charge is 2.19. The summed E-state index contributed by atoms with van der Waals surface area (Å²) in [4.78, 5) is 0. The van der Waals surface area contributed by atoms with Crippen LogP contribution in [-0.4, -0.2) is 0 Å². The Kier molecular flexibility index (Phi) is 1.72. The molecule has 0 saturated carbocycles. The topological polar surface area (TPSA) is 3.88 Å². The first-order valence-corrected chi connectivity index (χ1v) is 6.05. The van der Waals surface area contributed by atoms with Gasteiger partial charge in [0.1, 0.15) is 0 Å². The molecule has 1 heteroatoms. The summed E-state index contributed by atoms with van der Waals surface area (Å²) in [6.07, 6.45) is 3.34. The number of fused-ring (bicyclic) bond motifs is 4. The molecule has 0 bridgehead atoms. The summed E-state index contributed by atoms with van der Waals surface area (Å²) in [5, 5.41) is 2.76. The molecule has 17 heavy (non-hydrogen) atoms. The van der Waals surface area contributed by atoms with Crippen LogP contribution in [-0.2, 0) is 13.0 Å². The molecule has 1 aliphatic rings. The second-order valence-electron chi connectivity index (χ2n) is 4.74. The van der Waals surface area contributed by atoms with Crippen molar-refractivity contribution >= 4 is 10.8 Å². The van der Waals surface area contributed by atoms with Gasteiger partial charge in [0.25, 0.3) is 0 Å². The Morgan fingerprint density at radius 1 is 0.882 bits per heavy atom.